The van der Waals surface area contributed by atoms with Crippen LogP contribution in [-0.2, 0) is 0 Å². The van der Waals surface area contributed by atoms with Gasteiger partial charge in [0.2, 0.25) is 0 Å². The third-order valence-corrected chi connectivity index (χ3v) is 4.43. The lowest BCUT2D eigenvalue weighted by Crippen LogP contribution is -2.52. The zero-order chi connectivity index (χ0) is 13.4. The Morgan fingerprint density at radius 1 is 1.11 bits per heavy atom. The molecule has 1 rings (SSSR count). The molecule has 0 aromatic carbocycles. The second-order valence-electron chi connectivity index (χ2n) is 5.84. The number of nitrogens with two attached hydrogens (primary N) is 1. The van der Waals surface area contributed by atoms with Crippen molar-refractivity contribution in [1.29, 1.82) is 0 Å². The van der Waals surface area contributed by atoms with Crippen LogP contribution in [0.15, 0.2) is 0 Å². The Labute approximate surface area is 114 Å². The quantitative estimate of drug-likeness (QED) is 0.721. The van der Waals surface area contributed by atoms with E-state index in [-0.39, 0.29) is 0 Å². The molecule has 3 nitrogen and oxygen atoms in total. The zero-order valence-corrected chi connectivity index (χ0v) is 12.7. The van der Waals surface area contributed by atoms with Gasteiger partial charge in [-0.1, -0.05) is 33.1 Å². The number of unbranched alkanes of at least 4 members (excludes halogenated alkanes) is 1. The molecule has 108 valence electrons. The van der Waals surface area contributed by atoms with Crippen LogP contribution < -0.4 is 5.73 Å². The van der Waals surface area contributed by atoms with Crippen LogP contribution in [0.5, 0.6) is 0 Å². The van der Waals surface area contributed by atoms with E-state index in [9.17, 15) is 0 Å². The molecular weight excluding hydrogens is 222 g/mol. The molecule has 0 spiro atoms. The first-order valence-corrected chi connectivity index (χ1v) is 7.87. The monoisotopic (exact) mass is 255 g/mol. The molecule has 0 bridgehead atoms. The van der Waals surface area contributed by atoms with E-state index in [1.807, 2.05) is 0 Å². The summed E-state index contributed by atoms with van der Waals surface area (Å²) in [6.45, 7) is 13.8. The lowest BCUT2D eigenvalue weighted by molar-refractivity contribution is 0.0916. The van der Waals surface area contributed by atoms with Crippen molar-refractivity contribution in [3.8, 4) is 0 Å². The Balaban J connectivity index is 2.25. The van der Waals surface area contributed by atoms with Crippen LogP contribution >= 0.6 is 0 Å². The maximum absolute atomic E-state index is 5.74. The summed E-state index contributed by atoms with van der Waals surface area (Å²) in [7, 11) is 0. The highest BCUT2D eigenvalue weighted by Gasteiger charge is 2.21. The van der Waals surface area contributed by atoms with Crippen molar-refractivity contribution in [3.63, 3.8) is 0 Å². The van der Waals surface area contributed by atoms with Gasteiger partial charge in [-0.05, 0) is 19.3 Å². The first-order chi connectivity index (χ1) is 8.71. The van der Waals surface area contributed by atoms with Gasteiger partial charge in [0.1, 0.15) is 0 Å². The van der Waals surface area contributed by atoms with Crippen LogP contribution in [0.3, 0.4) is 0 Å². The fourth-order valence-electron chi connectivity index (χ4n) is 2.82. The van der Waals surface area contributed by atoms with Crippen molar-refractivity contribution in [2.24, 2.45) is 11.7 Å². The van der Waals surface area contributed by atoms with Crippen LogP contribution in [0.4, 0.5) is 0 Å². The molecule has 0 amide bonds. The zero-order valence-electron chi connectivity index (χ0n) is 12.7. The maximum atomic E-state index is 5.74. The molecule has 0 aliphatic carbocycles. The Bertz CT molecular complexity index is 200. The molecule has 1 aliphatic heterocycles. The maximum Gasteiger partial charge on any atom is 0.0191 e. The second kappa shape index (κ2) is 8.89. The Morgan fingerprint density at radius 2 is 1.78 bits per heavy atom. The van der Waals surface area contributed by atoms with Gasteiger partial charge in [0.05, 0.1) is 0 Å². The first kappa shape index (κ1) is 15.9. The Morgan fingerprint density at radius 3 is 2.28 bits per heavy atom. The molecule has 1 aliphatic rings. The summed E-state index contributed by atoms with van der Waals surface area (Å²) < 4.78 is 0. The van der Waals surface area contributed by atoms with Crippen LogP contribution in [-0.4, -0.2) is 55.1 Å². The molecule has 0 saturated carbocycles. The minimum Gasteiger partial charge on any atom is -0.329 e. The van der Waals surface area contributed by atoms with Crippen molar-refractivity contribution in [3.05, 3.63) is 0 Å². The van der Waals surface area contributed by atoms with E-state index < -0.39 is 0 Å². The third kappa shape index (κ3) is 5.25. The summed E-state index contributed by atoms with van der Waals surface area (Å²) in [5, 5.41) is 0. The van der Waals surface area contributed by atoms with Crippen molar-refractivity contribution in [2.45, 2.75) is 52.5 Å². The number of rotatable bonds is 8. The molecule has 18 heavy (non-hydrogen) atoms. The number of nitrogens with zero attached hydrogens (tertiary/aromatic N) is 2. The second-order valence-corrected chi connectivity index (χ2v) is 5.84. The van der Waals surface area contributed by atoms with E-state index in [4.69, 9.17) is 5.73 Å². The molecule has 2 atom stereocenters. The van der Waals surface area contributed by atoms with Crippen molar-refractivity contribution < 1.29 is 0 Å². The van der Waals surface area contributed by atoms with Crippen LogP contribution in [0.1, 0.15) is 46.5 Å². The van der Waals surface area contributed by atoms with Crippen molar-refractivity contribution in [2.75, 3.05) is 39.3 Å². The minimum absolute atomic E-state index is 0.550. The van der Waals surface area contributed by atoms with Crippen molar-refractivity contribution >= 4 is 0 Å². The lowest BCUT2D eigenvalue weighted by atomic mass is 9.98. The van der Waals surface area contributed by atoms with E-state index in [0.717, 1.165) is 12.5 Å². The molecule has 3 heteroatoms. The molecule has 0 aromatic rings. The van der Waals surface area contributed by atoms with Crippen LogP contribution in [0.25, 0.3) is 0 Å². The highest BCUT2D eigenvalue weighted by Crippen LogP contribution is 2.16. The summed E-state index contributed by atoms with van der Waals surface area (Å²) in [4.78, 5) is 5.19. The third-order valence-electron chi connectivity index (χ3n) is 4.43. The number of hydrogen-bond acceptors (Lipinski definition) is 3. The molecule has 2 N–H and O–H groups in total. The van der Waals surface area contributed by atoms with Gasteiger partial charge in [0.15, 0.2) is 0 Å². The largest absolute Gasteiger partial charge is 0.329 e. The van der Waals surface area contributed by atoms with Crippen LogP contribution in [0.2, 0.25) is 0 Å². The van der Waals surface area contributed by atoms with Gasteiger partial charge in [-0.3, -0.25) is 4.90 Å². The summed E-state index contributed by atoms with van der Waals surface area (Å²) in [5.41, 5.74) is 5.74. The molecular formula is C15H33N3. The fraction of sp³-hybridized carbons (Fsp3) is 1.00. The standard InChI is InChI=1S/C15H33N3/c1-4-6-7-15(5-2)13-17-8-10-18(11-9-17)14(3)12-16/h14-15H,4-13,16H2,1-3H3. The van der Waals surface area contributed by atoms with Gasteiger partial charge in [0.25, 0.3) is 0 Å². The number of hydrogen-bond donors (Lipinski definition) is 1. The minimum atomic E-state index is 0.550. The van der Waals surface area contributed by atoms with Gasteiger partial charge < -0.3 is 10.6 Å². The average Bonchev–Trinajstić information content (AvgIpc) is 2.43. The Kier molecular flexibility index (Phi) is 7.87. The van der Waals surface area contributed by atoms with E-state index >= 15 is 0 Å². The average molecular weight is 255 g/mol. The van der Waals surface area contributed by atoms with Gasteiger partial charge >= 0.3 is 0 Å². The predicted molar refractivity (Wildman–Crippen MR) is 79.8 cm³/mol. The predicted octanol–water partition coefficient (Wildman–Crippen LogP) is 2.17. The van der Waals surface area contributed by atoms with Gasteiger partial charge in [-0.2, -0.15) is 0 Å². The first-order valence-electron chi connectivity index (χ1n) is 7.87. The number of piperazine rings is 1. The fourth-order valence-corrected chi connectivity index (χ4v) is 2.82. The van der Waals surface area contributed by atoms with E-state index in [1.54, 1.807) is 0 Å². The molecule has 1 heterocycles. The smallest absolute Gasteiger partial charge is 0.0191 e. The summed E-state index contributed by atoms with van der Waals surface area (Å²) >= 11 is 0. The van der Waals surface area contributed by atoms with E-state index in [1.165, 1.54) is 58.4 Å². The highest BCUT2D eigenvalue weighted by atomic mass is 15.3. The van der Waals surface area contributed by atoms with E-state index in [0.29, 0.717) is 6.04 Å². The molecule has 1 fully saturated rings. The van der Waals surface area contributed by atoms with Gasteiger partial charge in [-0.25, -0.2) is 0 Å². The van der Waals surface area contributed by atoms with Gasteiger partial charge in [0, 0.05) is 45.3 Å². The Hall–Kier alpha value is -0.120. The molecule has 2 unspecified atom stereocenters. The van der Waals surface area contributed by atoms with Crippen LogP contribution in [0, 0.1) is 5.92 Å². The molecule has 1 saturated heterocycles. The molecule has 0 aromatic heterocycles. The summed E-state index contributed by atoms with van der Waals surface area (Å²) in [5.74, 6) is 0.906. The topological polar surface area (TPSA) is 32.5 Å². The van der Waals surface area contributed by atoms with Crippen molar-refractivity contribution in [1.82, 2.24) is 9.80 Å². The SMILES string of the molecule is CCCCC(CC)CN1CCN(C(C)CN)CC1. The van der Waals surface area contributed by atoms with Gasteiger partial charge in [-0.15, -0.1) is 0 Å². The lowest BCUT2D eigenvalue weighted by Gasteiger charge is -2.39. The summed E-state index contributed by atoms with van der Waals surface area (Å²) in [6, 6.07) is 0.550. The van der Waals surface area contributed by atoms with E-state index in [2.05, 4.69) is 30.6 Å². The normalized spacial score (nSPS) is 22.0. The molecule has 0 radical (unpaired) electrons. The highest BCUT2D eigenvalue weighted by molar-refractivity contribution is 4.78. The summed E-state index contributed by atoms with van der Waals surface area (Å²) in [6.07, 6.45) is 5.47.